The first kappa shape index (κ1) is 13.3. The Morgan fingerprint density at radius 2 is 1.67 bits per heavy atom. The van der Waals surface area contributed by atoms with Crippen LogP contribution in [0.3, 0.4) is 0 Å². The van der Waals surface area contributed by atoms with Gasteiger partial charge in [0.25, 0.3) is 0 Å². The maximum atomic E-state index is 11.2. The zero-order valence-electron chi connectivity index (χ0n) is 8.88. The molecule has 0 radical (unpaired) electrons. The molecule has 0 aliphatic heterocycles. The smallest absolute Gasteiger partial charge is 0.308 e. The lowest BCUT2D eigenvalue weighted by atomic mass is 9.99. The average molecular weight is 255 g/mol. The van der Waals surface area contributed by atoms with E-state index in [0.717, 1.165) is 0 Å². The van der Waals surface area contributed by atoms with Gasteiger partial charge in [0, 0.05) is 5.56 Å². The van der Waals surface area contributed by atoms with Crippen LogP contribution in [0.4, 0.5) is 5.69 Å². The number of Topliss-reactive ketones (excluding diaryl/α,β-unsaturated/α-hetero) is 1. The Hall–Kier alpha value is -2.77. The van der Waals surface area contributed by atoms with Crippen molar-refractivity contribution in [3.05, 3.63) is 11.1 Å². The molecule has 0 saturated carbocycles. The number of benzene rings is 1. The van der Waals surface area contributed by atoms with E-state index < -0.39 is 52.2 Å². The molecule has 0 aliphatic carbocycles. The van der Waals surface area contributed by atoms with Crippen LogP contribution in [0.15, 0.2) is 0 Å². The van der Waals surface area contributed by atoms with Gasteiger partial charge in [0.2, 0.25) is 5.78 Å². The summed E-state index contributed by atoms with van der Waals surface area (Å²) in [6.45, 7) is 0. The molecule has 0 spiro atoms. The number of nitrogen functional groups attached to an aromatic ring is 1. The first-order chi connectivity index (χ1) is 8.31. The Bertz CT molecular complexity index is 550. The number of hydrogen-bond acceptors (Lipinski definition) is 7. The average Bonchev–Trinajstić information content (AvgIpc) is 2.31. The molecular formula is C10H9NO7. The molecule has 1 rings (SSSR count). The van der Waals surface area contributed by atoms with Crippen molar-refractivity contribution < 1.29 is 34.8 Å². The highest BCUT2D eigenvalue weighted by Gasteiger charge is 2.27. The van der Waals surface area contributed by atoms with E-state index in [1.54, 1.807) is 0 Å². The van der Waals surface area contributed by atoms with Gasteiger partial charge < -0.3 is 26.2 Å². The van der Waals surface area contributed by atoms with E-state index >= 15 is 0 Å². The molecule has 0 aliphatic rings. The van der Waals surface area contributed by atoms with Crippen LogP contribution in [0.2, 0.25) is 0 Å². The minimum Gasteiger partial charge on any atom is -0.507 e. The molecule has 1 aromatic carbocycles. The van der Waals surface area contributed by atoms with E-state index in [1.807, 2.05) is 0 Å². The molecule has 0 aromatic heterocycles. The molecule has 0 amide bonds. The van der Waals surface area contributed by atoms with Gasteiger partial charge in [-0.2, -0.15) is 0 Å². The largest absolute Gasteiger partial charge is 0.507 e. The third-order valence-electron chi connectivity index (χ3n) is 2.24. The summed E-state index contributed by atoms with van der Waals surface area (Å²) in [5.74, 6) is -5.51. The van der Waals surface area contributed by atoms with Crippen molar-refractivity contribution in [3.63, 3.8) is 0 Å². The number of carbonyl (C=O) groups is 3. The second-order valence-corrected chi connectivity index (χ2v) is 3.37. The molecule has 8 heteroatoms. The van der Waals surface area contributed by atoms with Gasteiger partial charge in [-0.1, -0.05) is 0 Å². The van der Waals surface area contributed by atoms with Crippen LogP contribution in [-0.4, -0.2) is 38.5 Å². The number of carbonyl (C=O) groups excluding carboxylic acids is 2. The lowest BCUT2D eigenvalue weighted by Gasteiger charge is -2.13. The number of nitrogens with two attached hydrogens (primary N) is 1. The van der Waals surface area contributed by atoms with Crippen molar-refractivity contribution in [1.82, 2.24) is 0 Å². The second kappa shape index (κ2) is 4.62. The van der Waals surface area contributed by atoms with Crippen molar-refractivity contribution in [3.8, 4) is 17.2 Å². The number of aldehydes is 1. The van der Waals surface area contributed by atoms with E-state index in [1.165, 1.54) is 0 Å². The van der Waals surface area contributed by atoms with E-state index in [-0.39, 0.29) is 6.29 Å². The standard InChI is InChI=1S/C10H9NO7/c11-7-9(17)3(1-5(14)15)8(16)6(10(7)18)4(13)2-12/h2,16-18H,1,11H2,(H,14,15). The molecule has 0 bridgehead atoms. The van der Waals surface area contributed by atoms with E-state index in [4.69, 9.17) is 10.8 Å². The summed E-state index contributed by atoms with van der Waals surface area (Å²) in [5, 5.41) is 37.1. The summed E-state index contributed by atoms with van der Waals surface area (Å²) < 4.78 is 0. The highest BCUT2D eigenvalue weighted by atomic mass is 16.4. The Labute approximate surface area is 99.9 Å². The van der Waals surface area contributed by atoms with Gasteiger partial charge in [-0.25, -0.2) is 0 Å². The number of carboxylic acid groups (broad SMARTS) is 1. The zero-order chi connectivity index (χ0) is 14.0. The normalized spacial score (nSPS) is 10.0. The maximum Gasteiger partial charge on any atom is 0.308 e. The van der Waals surface area contributed by atoms with Crippen molar-refractivity contribution in [2.24, 2.45) is 0 Å². The molecule has 0 fully saturated rings. The molecule has 1 aromatic rings. The lowest BCUT2D eigenvalue weighted by Crippen LogP contribution is -2.08. The second-order valence-electron chi connectivity index (χ2n) is 3.37. The number of hydrogen-bond donors (Lipinski definition) is 5. The van der Waals surface area contributed by atoms with Crippen LogP contribution in [0, 0.1) is 0 Å². The highest BCUT2D eigenvalue weighted by Crippen LogP contribution is 2.44. The molecule has 0 unspecified atom stereocenters. The molecule has 8 nitrogen and oxygen atoms in total. The Kier molecular flexibility index (Phi) is 3.41. The first-order valence-electron chi connectivity index (χ1n) is 4.57. The fourth-order valence-electron chi connectivity index (χ4n) is 1.40. The van der Waals surface area contributed by atoms with Crippen molar-refractivity contribution in [2.75, 3.05) is 5.73 Å². The third kappa shape index (κ3) is 2.03. The van der Waals surface area contributed by atoms with Gasteiger partial charge in [0.15, 0.2) is 12.0 Å². The predicted octanol–water partition coefficient (Wildman–Crippen LogP) is -0.606. The first-order valence-corrected chi connectivity index (χ1v) is 4.57. The number of aromatic hydroxyl groups is 3. The van der Waals surface area contributed by atoms with Crippen LogP contribution in [0.1, 0.15) is 15.9 Å². The van der Waals surface area contributed by atoms with Crippen molar-refractivity contribution >= 4 is 23.7 Å². The van der Waals surface area contributed by atoms with Gasteiger partial charge in [0.05, 0.1) is 6.42 Å². The minimum atomic E-state index is -1.41. The Balaban J connectivity index is 3.64. The van der Waals surface area contributed by atoms with Gasteiger partial charge in [0.1, 0.15) is 22.7 Å². The van der Waals surface area contributed by atoms with Crippen molar-refractivity contribution in [2.45, 2.75) is 6.42 Å². The number of carboxylic acids is 1. The molecule has 96 valence electrons. The number of phenolic OH excluding ortho intramolecular Hbond substituents is 3. The summed E-state index contributed by atoms with van der Waals surface area (Å²) >= 11 is 0. The summed E-state index contributed by atoms with van der Waals surface area (Å²) in [5.41, 5.74) is 3.17. The van der Waals surface area contributed by atoms with Gasteiger partial charge in [-0.05, 0) is 0 Å². The van der Waals surface area contributed by atoms with Crippen LogP contribution >= 0.6 is 0 Å². The third-order valence-corrected chi connectivity index (χ3v) is 2.24. The summed E-state index contributed by atoms with van der Waals surface area (Å²) in [6.07, 6.45) is -1.02. The number of ketones is 1. The number of anilines is 1. The van der Waals surface area contributed by atoms with E-state index in [2.05, 4.69) is 0 Å². The van der Waals surface area contributed by atoms with E-state index in [0.29, 0.717) is 0 Å². The lowest BCUT2D eigenvalue weighted by molar-refractivity contribution is -0.136. The summed E-state index contributed by atoms with van der Waals surface area (Å²) in [7, 11) is 0. The Morgan fingerprint density at radius 1 is 1.11 bits per heavy atom. The molecule has 0 saturated heterocycles. The highest BCUT2D eigenvalue weighted by molar-refractivity contribution is 6.35. The topological polar surface area (TPSA) is 158 Å². The predicted molar refractivity (Wildman–Crippen MR) is 57.6 cm³/mol. The van der Waals surface area contributed by atoms with E-state index in [9.17, 15) is 29.7 Å². The molecule has 6 N–H and O–H groups in total. The van der Waals surface area contributed by atoms with Crippen LogP contribution < -0.4 is 5.73 Å². The van der Waals surface area contributed by atoms with Crippen molar-refractivity contribution in [1.29, 1.82) is 0 Å². The van der Waals surface area contributed by atoms with Crippen LogP contribution in [-0.2, 0) is 16.0 Å². The fraction of sp³-hybridized carbons (Fsp3) is 0.100. The van der Waals surface area contributed by atoms with Gasteiger partial charge >= 0.3 is 5.97 Å². The number of phenols is 3. The quantitative estimate of drug-likeness (QED) is 0.119. The fourth-order valence-corrected chi connectivity index (χ4v) is 1.40. The maximum absolute atomic E-state index is 11.2. The molecule has 0 atom stereocenters. The SMILES string of the molecule is Nc1c(O)c(CC(=O)O)c(O)c(C(=O)C=O)c1O. The minimum absolute atomic E-state index is 0.185. The number of rotatable bonds is 4. The monoisotopic (exact) mass is 255 g/mol. The molecule has 0 heterocycles. The Morgan fingerprint density at radius 3 is 2.11 bits per heavy atom. The van der Waals surface area contributed by atoms with Crippen LogP contribution in [0.25, 0.3) is 0 Å². The van der Waals surface area contributed by atoms with Gasteiger partial charge in [-0.15, -0.1) is 0 Å². The van der Waals surface area contributed by atoms with Crippen LogP contribution in [0.5, 0.6) is 17.2 Å². The number of aliphatic carboxylic acids is 1. The summed E-state index contributed by atoms with van der Waals surface area (Å²) in [4.78, 5) is 32.1. The molecule has 18 heavy (non-hydrogen) atoms. The molecular weight excluding hydrogens is 246 g/mol. The summed E-state index contributed by atoms with van der Waals surface area (Å²) in [6, 6.07) is 0. The zero-order valence-corrected chi connectivity index (χ0v) is 8.88. The van der Waals surface area contributed by atoms with Gasteiger partial charge in [-0.3, -0.25) is 14.4 Å².